The number of rotatable bonds is 4. The number of hydrogen-bond donors (Lipinski definition) is 3. The smallest absolute Gasteiger partial charge is 0.223 e. The minimum Gasteiger partial charge on any atom is -0.366 e. The second-order valence-corrected chi connectivity index (χ2v) is 6.42. The molecule has 0 spiro atoms. The van der Waals surface area contributed by atoms with Crippen LogP contribution in [0.15, 0.2) is 12.3 Å². The minimum atomic E-state index is 0.203. The van der Waals surface area contributed by atoms with E-state index in [1.165, 1.54) is 0 Å². The number of nitriles is 1. The number of nitrogens with zero attached hydrogens (tertiary/aromatic N) is 4. The van der Waals surface area contributed by atoms with Gasteiger partial charge in [-0.15, -0.1) is 0 Å². The Labute approximate surface area is 141 Å². The zero-order valence-corrected chi connectivity index (χ0v) is 14.1. The molecule has 24 heavy (non-hydrogen) atoms. The standard InChI is InChI=1S/C17H23N7/c1-11(2)21-16-15-12(8-14(9-18)22-16)10-20-17(24-15)23-13-4-3-6-19-7-5-13/h8,10-11,13,19H,3-7H2,1-2H3,(H,21,22)(H,20,23,24)/t13-/m0/s1. The molecule has 3 heterocycles. The molecule has 0 amide bonds. The Hall–Kier alpha value is -2.46. The van der Waals surface area contributed by atoms with Crippen molar-refractivity contribution in [2.45, 2.75) is 45.2 Å². The first-order valence-electron chi connectivity index (χ1n) is 8.47. The van der Waals surface area contributed by atoms with Crippen LogP contribution in [0, 0.1) is 11.3 Å². The van der Waals surface area contributed by atoms with Crippen LogP contribution in [-0.2, 0) is 0 Å². The monoisotopic (exact) mass is 325 g/mol. The zero-order chi connectivity index (χ0) is 16.9. The molecular formula is C17H23N7. The van der Waals surface area contributed by atoms with Crippen molar-refractivity contribution in [2.75, 3.05) is 23.7 Å². The summed E-state index contributed by atoms with van der Waals surface area (Å²) in [5.74, 6) is 1.25. The number of hydrogen-bond acceptors (Lipinski definition) is 7. The molecule has 1 saturated heterocycles. The van der Waals surface area contributed by atoms with Gasteiger partial charge in [0.15, 0.2) is 5.82 Å². The number of fused-ring (bicyclic) bond motifs is 1. The molecule has 1 aliphatic rings. The average molecular weight is 325 g/mol. The molecule has 3 N–H and O–H groups in total. The van der Waals surface area contributed by atoms with Crippen molar-refractivity contribution < 1.29 is 0 Å². The second kappa shape index (κ2) is 7.41. The highest BCUT2D eigenvalue weighted by atomic mass is 15.1. The van der Waals surface area contributed by atoms with Crippen LogP contribution in [0.4, 0.5) is 11.8 Å². The largest absolute Gasteiger partial charge is 0.366 e. The molecule has 2 aromatic heterocycles. The van der Waals surface area contributed by atoms with Crippen LogP contribution in [0.3, 0.4) is 0 Å². The topological polar surface area (TPSA) is 98.5 Å². The first-order valence-corrected chi connectivity index (χ1v) is 8.47. The lowest BCUT2D eigenvalue weighted by Gasteiger charge is -2.17. The van der Waals surface area contributed by atoms with Gasteiger partial charge in [-0.25, -0.2) is 15.0 Å². The maximum Gasteiger partial charge on any atom is 0.223 e. The summed E-state index contributed by atoms with van der Waals surface area (Å²) in [4.78, 5) is 13.4. The van der Waals surface area contributed by atoms with Gasteiger partial charge in [0.05, 0.1) is 0 Å². The van der Waals surface area contributed by atoms with Gasteiger partial charge in [-0.05, 0) is 52.3 Å². The van der Waals surface area contributed by atoms with E-state index in [1.54, 1.807) is 12.3 Å². The lowest BCUT2D eigenvalue weighted by Crippen LogP contribution is -2.22. The number of aromatic nitrogens is 3. The van der Waals surface area contributed by atoms with E-state index >= 15 is 0 Å². The van der Waals surface area contributed by atoms with Gasteiger partial charge in [-0.1, -0.05) is 0 Å². The van der Waals surface area contributed by atoms with E-state index < -0.39 is 0 Å². The van der Waals surface area contributed by atoms with Crippen LogP contribution in [-0.4, -0.2) is 40.1 Å². The van der Waals surface area contributed by atoms with E-state index in [1.807, 2.05) is 13.8 Å². The molecule has 0 unspecified atom stereocenters. The van der Waals surface area contributed by atoms with Crippen LogP contribution < -0.4 is 16.0 Å². The number of nitrogens with one attached hydrogen (secondary N) is 3. The Bertz CT molecular complexity index is 742. The molecule has 7 nitrogen and oxygen atoms in total. The lowest BCUT2D eigenvalue weighted by atomic mass is 10.1. The molecule has 0 bridgehead atoms. The van der Waals surface area contributed by atoms with E-state index in [0.717, 1.165) is 43.3 Å². The molecule has 0 aromatic carbocycles. The predicted molar refractivity (Wildman–Crippen MR) is 94.9 cm³/mol. The van der Waals surface area contributed by atoms with Gasteiger partial charge in [-0.3, -0.25) is 0 Å². The summed E-state index contributed by atoms with van der Waals surface area (Å²) >= 11 is 0. The van der Waals surface area contributed by atoms with E-state index in [-0.39, 0.29) is 6.04 Å². The van der Waals surface area contributed by atoms with Gasteiger partial charge in [0, 0.05) is 23.7 Å². The Morgan fingerprint density at radius 3 is 2.96 bits per heavy atom. The van der Waals surface area contributed by atoms with Crippen molar-refractivity contribution in [2.24, 2.45) is 0 Å². The highest BCUT2D eigenvalue weighted by Crippen LogP contribution is 2.22. The minimum absolute atomic E-state index is 0.203. The summed E-state index contributed by atoms with van der Waals surface area (Å²) in [6.07, 6.45) is 5.08. The Morgan fingerprint density at radius 2 is 2.17 bits per heavy atom. The predicted octanol–water partition coefficient (Wildman–Crippen LogP) is 2.27. The van der Waals surface area contributed by atoms with Crippen molar-refractivity contribution in [1.82, 2.24) is 20.3 Å². The van der Waals surface area contributed by atoms with Crippen LogP contribution in [0.2, 0.25) is 0 Å². The van der Waals surface area contributed by atoms with E-state index in [2.05, 4.69) is 37.0 Å². The van der Waals surface area contributed by atoms with Crippen LogP contribution in [0.1, 0.15) is 38.8 Å². The van der Waals surface area contributed by atoms with Crippen LogP contribution in [0.5, 0.6) is 0 Å². The third kappa shape index (κ3) is 3.89. The fraction of sp³-hybridized carbons (Fsp3) is 0.529. The van der Waals surface area contributed by atoms with Crippen molar-refractivity contribution in [3.05, 3.63) is 18.0 Å². The first-order chi connectivity index (χ1) is 11.7. The summed E-state index contributed by atoms with van der Waals surface area (Å²) in [7, 11) is 0. The van der Waals surface area contributed by atoms with E-state index in [0.29, 0.717) is 23.5 Å². The highest BCUT2D eigenvalue weighted by molar-refractivity contribution is 5.89. The van der Waals surface area contributed by atoms with E-state index in [9.17, 15) is 0 Å². The number of anilines is 2. The summed E-state index contributed by atoms with van der Waals surface area (Å²) in [6.45, 7) is 6.15. The molecule has 126 valence electrons. The van der Waals surface area contributed by atoms with Crippen LogP contribution in [0.25, 0.3) is 10.9 Å². The van der Waals surface area contributed by atoms with Crippen molar-refractivity contribution in [3.8, 4) is 6.07 Å². The van der Waals surface area contributed by atoms with Gasteiger partial charge in [0.25, 0.3) is 0 Å². The maximum atomic E-state index is 9.15. The SMILES string of the molecule is CC(C)Nc1nc(C#N)cc2cnc(N[C@H]3CCCNCC3)nc12. The molecule has 7 heteroatoms. The van der Waals surface area contributed by atoms with Gasteiger partial charge < -0.3 is 16.0 Å². The number of pyridine rings is 1. The van der Waals surface area contributed by atoms with Gasteiger partial charge in [0.2, 0.25) is 5.95 Å². The second-order valence-electron chi connectivity index (χ2n) is 6.42. The Balaban J connectivity index is 1.92. The molecule has 3 rings (SSSR count). The summed E-state index contributed by atoms with van der Waals surface area (Å²) < 4.78 is 0. The van der Waals surface area contributed by atoms with Crippen molar-refractivity contribution >= 4 is 22.7 Å². The average Bonchev–Trinajstić information content (AvgIpc) is 2.83. The molecular weight excluding hydrogens is 302 g/mol. The lowest BCUT2D eigenvalue weighted by molar-refractivity contribution is 0.632. The first kappa shape index (κ1) is 16.4. The summed E-state index contributed by atoms with van der Waals surface area (Å²) in [6, 6.07) is 4.40. The molecule has 1 fully saturated rings. The molecule has 0 aliphatic carbocycles. The molecule has 1 atom stereocenters. The van der Waals surface area contributed by atoms with Crippen molar-refractivity contribution in [3.63, 3.8) is 0 Å². The van der Waals surface area contributed by atoms with Crippen molar-refractivity contribution in [1.29, 1.82) is 5.26 Å². The Kier molecular flexibility index (Phi) is 5.06. The zero-order valence-electron chi connectivity index (χ0n) is 14.1. The van der Waals surface area contributed by atoms with E-state index in [4.69, 9.17) is 5.26 Å². The summed E-state index contributed by atoms with van der Waals surface area (Å²) in [5, 5.41) is 20.1. The molecule has 2 aromatic rings. The third-order valence-corrected chi connectivity index (χ3v) is 4.01. The summed E-state index contributed by atoms with van der Waals surface area (Å²) in [5.41, 5.74) is 1.11. The van der Waals surface area contributed by atoms with Crippen LogP contribution >= 0.6 is 0 Å². The Morgan fingerprint density at radius 1 is 1.29 bits per heavy atom. The maximum absolute atomic E-state index is 9.15. The molecule has 0 saturated carbocycles. The molecule has 1 aliphatic heterocycles. The highest BCUT2D eigenvalue weighted by Gasteiger charge is 2.15. The van der Waals surface area contributed by atoms with Gasteiger partial charge in [-0.2, -0.15) is 5.26 Å². The quantitative estimate of drug-likeness (QED) is 0.793. The third-order valence-electron chi connectivity index (χ3n) is 4.01. The normalized spacial score (nSPS) is 18.2. The van der Waals surface area contributed by atoms with Gasteiger partial charge >= 0.3 is 0 Å². The fourth-order valence-corrected chi connectivity index (χ4v) is 2.89. The van der Waals surface area contributed by atoms with Gasteiger partial charge in [0.1, 0.15) is 17.3 Å². The molecule has 0 radical (unpaired) electrons. The fourth-order valence-electron chi connectivity index (χ4n) is 2.89.